The molecule has 2 N–H and O–H groups in total. The number of nitrogens with zero attached hydrogens (tertiary/aromatic N) is 2. The predicted molar refractivity (Wildman–Crippen MR) is 82.8 cm³/mol. The zero-order chi connectivity index (χ0) is 13.8. The van der Waals surface area contributed by atoms with E-state index in [1.54, 1.807) is 6.20 Å². The summed E-state index contributed by atoms with van der Waals surface area (Å²) < 4.78 is 0. The Balaban J connectivity index is 1.59. The first-order chi connectivity index (χ1) is 9.85. The fourth-order valence-corrected chi connectivity index (χ4v) is 2.79. The molecule has 106 valence electrons. The molecule has 1 aromatic carbocycles. The van der Waals surface area contributed by atoms with Gasteiger partial charge in [-0.1, -0.05) is 19.1 Å². The molecule has 1 aromatic heterocycles. The van der Waals surface area contributed by atoms with Crippen LogP contribution in [0.25, 0.3) is 11.3 Å². The molecule has 2 aromatic rings. The molecule has 20 heavy (non-hydrogen) atoms. The number of anilines is 1. The van der Waals surface area contributed by atoms with Crippen molar-refractivity contribution in [1.29, 1.82) is 0 Å². The Hall–Kier alpha value is -1.81. The number of likely N-dealkylation sites (tertiary alicyclic amines) is 1. The zero-order valence-corrected chi connectivity index (χ0v) is 12.0. The van der Waals surface area contributed by atoms with E-state index in [1.807, 2.05) is 6.07 Å². The summed E-state index contributed by atoms with van der Waals surface area (Å²) in [5, 5.41) is 10.6. The lowest BCUT2D eigenvalue weighted by molar-refractivity contribution is 0.229. The fourth-order valence-electron chi connectivity index (χ4n) is 2.79. The van der Waals surface area contributed by atoms with Gasteiger partial charge in [0.25, 0.3) is 0 Å². The Bertz CT molecular complexity index is 510. The van der Waals surface area contributed by atoms with Crippen molar-refractivity contribution in [1.82, 2.24) is 15.1 Å². The largest absolute Gasteiger partial charge is 0.382 e. The lowest BCUT2D eigenvalue weighted by Gasteiger charge is -2.32. The average Bonchev–Trinajstić information content (AvgIpc) is 3.03. The van der Waals surface area contributed by atoms with Gasteiger partial charge in [0.2, 0.25) is 0 Å². The Morgan fingerprint density at radius 1 is 1.20 bits per heavy atom. The Morgan fingerprint density at radius 3 is 2.55 bits per heavy atom. The van der Waals surface area contributed by atoms with Crippen molar-refractivity contribution in [3.63, 3.8) is 0 Å². The molecule has 0 radical (unpaired) electrons. The Morgan fingerprint density at radius 2 is 1.95 bits per heavy atom. The van der Waals surface area contributed by atoms with E-state index in [-0.39, 0.29) is 0 Å². The van der Waals surface area contributed by atoms with Crippen molar-refractivity contribution >= 4 is 5.69 Å². The van der Waals surface area contributed by atoms with Gasteiger partial charge in [0, 0.05) is 31.0 Å². The van der Waals surface area contributed by atoms with E-state index in [0.717, 1.165) is 5.69 Å². The van der Waals surface area contributed by atoms with Crippen molar-refractivity contribution in [3.8, 4) is 11.3 Å². The second-order valence-electron chi connectivity index (χ2n) is 5.40. The second kappa shape index (κ2) is 6.09. The van der Waals surface area contributed by atoms with Crippen LogP contribution in [0.3, 0.4) is 0 Å². The van der Waals surface area contributed by atoms with Gasteiger partial charge < -0.3 is 10.2 Å². The third-order valence-corrected chi connectivity index (χ3v) is 4.10. The Kier molecular flexibility index (Phi) is 4.02. The number of nitrogens with one attached hydrogen (secondary N) is 2. The maximum absolute atomic E-state index is 3.98. The summed E-state index contributed by atoms with van der Waals surface area (Å²) in [7, 11) is 0. The van der Waals surface area contributed by atoms with Crippen molar-refractivity contribution in [2.24, 2.45) is 0 Å². The molecule has 0 unspecified atom stereocenters. The van der Waals surface area contributed by atoms with Crippen LogP contribution < -0.4 is 5.32 Å². The minimum absolute atomic E-state index is 0.607. The summed E-state index contributed by atoms with van der Waals surface area (Å²) >= 11 is 0. The highest BCUT2D eigenvalue weighted by molar-refractivity contribution is 5.62. The van der Waals surface area contributed by atoms with Crippen molar-refractivity contribution in [2.45, 2.75) is 25.8 Å². The molecule has 4 nitrogen and oxygen atoms in total. The SMILES string of the molecule is CCN1CCC(Nc2ccc(-c3ccn[nH]3)cc2)CC1. The topological polar surface area (TPSA) is 44.0 Å². The van der Waals surface area contributed by atoms with Crippen LogP contribution in [0.2, 0.25) is 0 Å². The van der Waals surface area contributed by atoms with E-state index in [1.165, 1.54) is 43.7 Å². The maximum atomic E-state index is 3.98. The normalized spacial score (nSPS) is 17.2. The minimum atomic E-state index is 0.607. The third-order valence-electron chi connectivity index (χ3n) is 4.10. The molecular formula is C16H22N4. The van der Waals surface area contributed by atoms with E-state index in [2.05, 4.69) is 51.6 Å². The molecule has 0 atom stereocenters. The predicted octanol–water partition coefficient (Wildman–Crippen LogP) is 2.97. The van der Waals surface area contributed by atoms with Crippen LogP contribution in [-0.4, -0.2) is 40.8 Å². The third kappa shape index (κ3) is 3.02. The molecule has 0 amide bonds. The van der Waals surface area contributed by atoms with Gasteiger partial charge in [-0.05, 0) is 43.1 Å². The molecular weight excluding hydrogens is 248 g/mol. The van der Waals surface area contributed by atoms with Gasteiger partial charge in [-0.15, -0.1) is 0 Å². The van der Waals surface area contributed by atoms with Crippen LogP contribution in [0, 0.1) is 0 Å². The van der Waals surface area contributed by atoms with Gasteiger partial charge >= 0.3 is 0 Å². The van der Waals surface area contributed by atoms with E-state index in [0.29, 0.717) is 6.04 Å². The lowest BCUT2D eigenvalue weighted by atomic mass is 10.0. The molecule has 4 heteroatoms. The van der Waals surface area contributed by atoms with E-state index in [9.17, 15) is 0 Å². The smallest absolute Gasteiger partial charge is 0.0650 e. The van der Waals surface area contributed by atoms with Crippen LogP contribution in [0.5, 0.6) is 0 Å². The first-order valence-corrected chi connectivity index (χ1v) is 7.44. The van der Waals surface area contributed by atoms with E-state index in [4.69, 9.17) is 0 Å². The molecule has 1 saturated heterocycles. The number of benzene rings is 1. The van der Waals surface area contributed by atoms with E-state index < -0.39 is 0 Å². The summed E-state index contributed by atoms with van der Waals surface area (Å²) in [6.07, 6.45) is 4.25. The summed E-state index contributed by atoms with van der Waals surface area (Å²) in [6, 6.07) is 11.2. The highest BCUT2D eigenvalue weighted by atomic mass is 15.1. The van der Waals surface area contributed by atoms with Gasteiger partial charge in [-0.3, -0.25) is 5.10 Å². The minimum Gasteiger partial charge on any atom is -0.382 e. The quantitative estimate of drug-likeness (QED) is 0.897. The number of aromatic amines is 1. The molecule has 3 rings (SSSR count). The first-order valence-electron chi connectivity index (χ1n) is 7.44. The van der Waals surface area contributed by atoms with Gasteiger partial charge in [0.1, 0.15) is 0 Å². The summed E-state index contributed by atoms with van der Waals surface area (Å²) in [6.45, 7) is 5.83. The Labute approximate surface area is 120 Å². The van der Waals surface area contributed by atoms with Crippen molar-refractivity contribution in [3.05, 3.63) is 36.5 Å². The maximum Gasteiger partial charge on any atom is 0.0650 e. The standard InChI is InChI=1S/C16H22N4/c1-2-20-11-8-15(9-12-20)18-14-5-3-13(4-6-14)16-7-10-17-19-16/h3-7,10,15,18H,2,8-9,11-12H2,1H3,(H,17,19). The summed E-state index contributed by atoms with van der Waals surface area (Å²) in [5.74, 6) is 0. The summed E-state index contributed by atoms with van der Waals surface area (Å²) in [4.78, 5) is 2.51. The molecule has 1 fully saturated rings. The van der Waals surface area contributed by atoms with Crippen LogP contribution in [-0.2, 0) is 0 Å². The highest BCUT2D eigenvalue weighted by Gasteiger charge is 2.17. The molecule has 0 spiro atoms. The first kappa shape index (κ1) is 13.2. The average molecular weight is 270 g/mol. The van der Waals surface area contributed by atoms with Gasteiger partial charge in [0.05, 0.1) is 5.69 Å². The molecule has 0 saturated carbocycles. The lowest BCUT2D eigenvalue weighted by Crippen LogP contribution is -2.38. The monoisotopic (exact) mass is 270 g/mol. The second-order valence-corrected chi connectivity index (χ2v) is 5.40. The number of hydrogen-bond acceptors (Lipinski definition) is 3. The van der Waals surface area contributed by atoms with Crippen LogP contribution >= 0.6 is 0 Å². The van der Waals surface area contributed by atoms with Crippen molar-refractivity contribution < 1.29 is 0 Å². The fraction of sp³-hybridized carbons (Fsp3) is 0.438. The molecule has 0 bridgehead atoms. The van der Waals surface area contributed by atoms with Gasteiger partial charge in [-0.25, -0.2) is 0 Å². The number of rotatable bonds is 4. The van der Waals surface area contributed by atoms with Gasteiger partial charge in [0.15, 0.2) is 0 Å². The zero-order valence-electron chi connectivity index (χ0n) is 12.0. The molecule has 1 aliphatic heterocycles. The molecule has 0 aliphatic carbocycles. The van der Waals surface area contributed by atoms with Crippen molar-refractivity contribution in [2.75, 3.05) is 25.0 Å². The van der Waals surface area contributed by atoms with Crippen LogP contribution in [0.15, 0.2) is 36.5 Å². The molecule has 1 aliphatic rings. The van der Waals surface area contributed by atoms with E-state index >= 15 is 0 Å². The van der Waals surface area contributed by atoms with Crippen LogP contribution in [0.4, 0.5) is 5.69 Å². The van der Waals surface area contributed by atoms with Crippen LogP contribution in [0.1, 0.15) is 19.8 Å². The number of piperidine rings is 1. The highest BCUT2D eigenvalue weighted by Crippen LogP contribution is 2.21. The molecule has 2 heterocycles. The summed E-state index contributed by atoms with van der Waals surface area (Å²) in [5.41, 5.74) is 3.45. The number of hydrogen-bond donors (Lipinski definition) is 2. The van der Waals surface area contributed by atoms with Gasteiger partial charge in [-0.2, -0.15) is 5.10 Å². The number of aromatic nitrogens is 2. The number of H-pyrrole nitrogens is 1.